The summed E-state index contributed by atoms with van der Waals surface area (Å²) in [7, 11) is 2.03. The molecule has 0 radical (unpaired) electrons. The molecule has 5 aromatic rings. The second-order valence-electron chi connectivity index (χ2n) is 15.0. The second-order valence-corrected chi connectivity index (χ2v) is 18.4. The lowest BCUT2D eigenvalue weighted by Crippen LogP contribution is -2.38. The monoisotopic (exact) mass is 813 g/mol. The van der Waals surface area contributed by atoms with Crippen molar-refractivity contribution in [1.29, 1.82) is 0 Å². The van der Waals surface area contributed by atoms with Gasteiger partial charge in [-0.2, -0.15) is 4.98 Å². The summed E-state index contributed by atoms with van der Waals surface area (Å²) in [6.07, 6.45) is 6.24. The molecule has 57 heavy (non-hydrogen) atoms. The van der Waals surface area contributed by atoms with E-state index in [-0.39, 0.29) is 40.3 Å². The molecular weight excluding hydrogens is 766 g/mol. The largest absolute Gasteiger partial charge is 0.497 e. The van der Waals surface area contributed by atoms with E-state index in [9.17, 15) is 9.59 Å². The summed E-state index contributed by atoms with van der Waals surface area (Å²) >= 11 is 1.84. The Morgan fingerprint density at radius 1 is 0.982 bits per heavy atom. The van der Waals surface area contributed by atoms with Gasteiger partial charge < -0.3 is 28.0 Å². The SMILES string of the molecule is COc1ccc(C(OC[C@H]2O[C@@H](n3cnc4c(=O)[nH]c(NC(=O)C(C)C)nc43)C[C@@H]2OP2OCC3(CCCCC3)S2)(c2ccccc2)c2ccc(OC)cc2)cc1. The van der Waals surface area contributed by atoms with Crippen LogP contribution in [0, 0.1) is 5.92 Å². The van der Waals surface area contributed by atoms with E-state index in [2.05, 4.69) is 32.4 Å². The summed E-state index contributed by atoms with van der Waals surface area (Å²) < 4.78 is 40.4. The van der Waals surface area contributed by atoms with Crippen molar-refractivity contribution >= 4 is 42.0 Å². The standard InChI is InChI=1S/C42H48N5O8PS/c1-27(2)38(48)45-40-44-37-36(39(49)46-40)43-26-47(37)35-23-33(55-56-53-25-41(57-56)21-9-6-10-22-41)34(54-35)24-52-42(28-11-7-5-8-12-28,29-13-17-31(50-3)18-14-29)30-15-19-32(51-4)20-16-30/h5,7-8,11-20,26-27,33-35H,6,9-10,21-25H2,1-4H3,(H2,44,45,46,48,49)/t33-,34+,35+,56?/m0/s1. The Hall–Kier alpha value is -4.30. The molecule has 1 amide bonds. The minimum Gasteiger partial charge on any atom is -0.497 e. The fourth-order valence-electron chi connectivity index (χ4n) is 7.85. The van der Waals surface area contributed by atoms with E-state index in [1.807, 2.05) is 78.1 Å². The third kappa shape index (κ3) is 8.08. The number of imidazole rings is 1. The molecular formula is C42H48N5O8PS. The van der Waals surface area contributed by atoms with Crippen LogP contribution in [0.1, 0.15) is 75.3 Å². The van der Waals surface area contributed by atoms with Gasteiger partial charge in [0.25, 0.3) is 5.56 Å². The highest BCUT2D eigenvalue weighted by atomic mass is 32.7. The number of anilines is 1. The number of fused-ring (bicyclic) bond motifs is 1. The number of carbonyl (C=O) groups is 1. The Kier molecular flexibility index (Phi) is 11.7. The fourth-order valence-corrected chi connectivity index (χ4v) is 12.2. The number of hydrogen-bond acceptors (Lipinski definition) is 11. The molecule has 13 nitrogen and oxygen atoms in total. The summed E-state index contributed by atoms with van der Waals surface area (Å²) in [4.78, 5) is 37.4. The minimum absolute atomic E-state index is 0.0438. The minimum atomic E-state index is -1.26. The first-order valence-corrected chi connectivity index (χ1v) is 22.0. The summed E-state index contributed by atoms with van der Waals surface area (Å²) in [6, 6.07) is 25.9. The number of rotatable bonds is 13. The Morgan fingerprint density at radius 2 is 1.63 bits per heavy atom. The number of nitrogens with zero attached hydrogens (tertiary/aromatic N) is 3. The first kappa shape index (κ1) is 39.5. The van der Waals surface area contributed by atoms with E-state index in [4.69, 9.17) is 28.0 Å². The quantitative estimate of drug-likeness (QED) is 0.0878. The normalized spacial score (nSPS) is 22.0. The maximum absolute atomic E-state index is 13.1. The molecule has 3 aliphatic rings. The third-order valence-corrected chi connectivity index (χ3v) is 15.0. The number of methoxy groups -OCH3 is 2. The van der Waals surface area contributed by atoms with Gasteiger partial charge in [0.05, 0.1) is 39.9 Å². The number of aromatic amines is 1. The van der Waals surface area contributed by atoms with Crippen LogP contribution in [0.5, 0.6) is 11.5 Å². The lowest BCUT2D eigenvalue weighted by molar-refractivity contribution is -0.118. The summed E-state index contributed by atoms with van der Waals surface area (Å²) in [6.45, 7) is 4.34. The van der Waals surface area contributed by atoms with Gasteiger partial charge in [-0.25, -0.2) is 4.98 Å². The van der Waals surface area contributed by atoms with Gasteiger partial charge in [-0.3, -0.25) is 24.5 Å². The van der Waals surface area contributed by atoms with Crippen molar-refractivity contribution < 1.29 is 32.8 Å². The van der Waals surface area contributed by atoms with Crippen LogP contribution < -0.4 is 20.3 Å². The average Bonchev–Trinajstić information content (AvgIpc) is 3.96. The molecule has 2 aliphatic heterocycles. The average molecular weight is 814 g/mol. The smallest absolute Gasteiger partial charge is 0.280 e. The zero-order valence-corrected chi connectivity index (χ0v) is 34.2. The van der Waals surface area contributed by atoms with Crippen LogP contribution in [0.15, 0.2) is 90.0 Å². The van der Waals surface area contributed by atoms with Crippen LogP contribution in [0.2, 0.25) is 0 Å². The molecule has 0 bridgehead atoms. The van der Waals surface area contributed by atoms with Gasteiger partial charge in [-0.05, 0) is 53.8 Å². The number of benzene rings is 3. The first-order chi connectivity index (χ1) is 27.7. The van der Waals surface area contributed by atoms with Crippen LogP contribution >= 0.6 is 19.0 Å². The maximum atomic E-state index is 13.1. The van der Waals surface area contributed by atoms with Crippen molar-refractivity contribution in [3.8, 4) is 11.5 Å². The Bertz CT molecular complexity index is 2160. The van der Waals surface area contributed by atoms with Crippen molar-refractivity contribution in [3.05, 3.63) is 112 Å². The number of carbonyl (C=O) groups excluding carboxylic acids is 1. The number of nitrogens with one attached hydrogen (secondary N) is 2. The number of H-pyrrole nitrogens is 1. The molecule has 1 aliphatic carbocycles. The maximum Gasteiger partial charge on any atom is 0.280 e. The third-order valence-electron chi connectivity index (χ3n) is 11.0. The van der Waals surface area contributed by atoms with Crippen LogP contribution in [0.3, 0.4) is 0 Å². The highest BCUT2D eigenvalue weighted by Gasteiger charge is 2.48. The van der Waals surface area contributed by atoms with E-state index in [0.717, 1.165) is 41.0 Å². The van der Waals surface area contributed by atoms with Crippen molar-refractivity contribution in [2.45, 2.75) is 81.2 Å². The molecule has 8 rings (SSSR count). The Balaban J connectivity index is 1.16. The molecule has 3 aromatic carbocycles. The fraction of sp³-hybridized carbons (Fsp3) is 0.429. The van der Waals surface area contributed by atoms with Gasteiger partial charge in [0, 0.05) is 17.1 Å². The van der Waals surface area contributed by atoms with E-state index in [1.165, 1.54) is 19.3 Å². The molecule has 3 fully saturated rings. The van der Waals surface area contributed by atoms with E-state index in [0.29, 0.717) is 13.0 Å². The van der Waals surface area contributed by atoms with Crippen LogP contribution in [0.25, 0.3) is 11.2 Å². The van der Waals surface area contributed by atoms with E-state index in [1.54, 1.807) is 39.0 Å². The Morgan fingerprint density at radius 3 is 2.26 bits per heavy atom. The number of ether oxygens (including phenoxy) is 4. The molecule has 1 spiro atoms. The summed E-state index contributed by atoms with van der Waals surface area (Å²) in [5.41, 5.74) is 1.59. The van der Waals surface area contributed by atoms with Crippen LogP contribution in [-0.4, -0.2) is 69.8 Å². The summed E-state index contributed by atoms with van der Waals surface area (Å²) in [5.74, 6) is 0.920. The highest BCUT2D eigenvalue weighted by molar-refractivity contribution is 8.53. The Labute approximate surface area is 336 Å². The van der Waals surface area contributed by atoms with Crippen molar-refractivity contribution in [3.63, 3.8) is 0 Å². The predicted molar refractivity (Wildman–Crippen MR) is 220 cm³/mol. The molecule has 2 N–H and O–H groups in total. The van der Waals surface area contributed by atoms with Crippen LogP contribution in [0.4, 0.5) is 5.95 Å². The molecule has 2 aromatic heterocycles. The molecule has 2 saturated heterocycles. The van der Waals surface area contributed by atoms with Crippen molar-refractivity contribution in [1.82, 2.24) is 19.5 Å². The first-order valence-electron chi connectivity index (χ1n) is 19.4. The molecule has 15 heteroatoms. The molecule has 4 atom stereocenters. The topological polar surface area (TPSA) is 148 Å². The molecule has 4 heterocycles. The lowest BCUT2D eigenvalue weighted by atomic mass is 9.80. The highest BCUT2D eigenvalue weighted by Crippen LogP contribution is 2.68. The second kappa shape index (κ2) is 16.9. The number of hydrogen-bond donors (Lipinski definition) is 2. The lowest BCUT2D eigenvalue weighted by Gasteiger charge is -2.37. The van der Waals surface area contributed by atoms with Gasteiger partial charge in [0.2, 0.25) is 19.4 Å². The van der Waals surface area contributed by atoms with Crippen LogP contribution in [-0.2, 0) is 28.9 Å². The number of amides is 1. The van der Waals surface area contributed by atoms with Gasteiger partial charge in [0.1, 0.15) is 29.4 Å². The zero-order valence-electron chi connectivity index (χ0n) is 32.5. The predicted octanol–water partition coefficient (Wildman–Crippen LogP) is 8.11. The zero-order chi connectivity index (χ0) is 39.6. The van der Waals surface area contributed by atoms with Crippen molar-refractivity contribution in [2.24, 2.45) is 5.92 Å². The number of aromatic nitrogens is 4. The van der Waals surface area contributed by atoms with Gasteiger partial charge in [-0.1, -0.05) is 99.1 Å². The summed E-state index contributed by atoms with van der Waals surface area (Å²) in [5, 5.41) is 2.71. The molecule has 300 valence electrons. The van der Waals surface area contributed by atoms with E-state index >= 15 is 0 Å². The van der Waals surface area contributed by atoms with Gasteiger partial charge in [-0.15, -0.1) is 0 Å². The van der Waals surface area contributed by atoms with E-state index < -0.39 is 37.2 Å². The van der Waals surface area contributed by atoms with Gasteiger partial charge in [0.15, 0.2) is 11.2 Å². The van der Waals surface area contributed by atoms with Crippen molar-refractivity contribution in [2.75, 3.05) is 32.8 Å². The van der Waals surface area contributed by atoms with Gasteiger partial charge >= 0.3 is 0 Å². The molecule has 1 saturated carbocycles. The molecule has 1 unspecified atom stereocenters.